The molecule has 0 spiro atoms. The molecule has 3 rings (SSSR count). The third-order valence-corrected chi connectivity index (χ3v) is 4.78. The normalized spacial score (nSPS) is 12.1. The number of hydrogen-bond acceptors (Lipinski definition) is 5. The van der Waals surface area contributed by atoms with Gasteiger partial charge in [-0.3, -0.25) is 4.79 Å². The summed E-state index contributed by atoms with van der Waals surface area (Å²) in [5.41, 5.74) is 1.70. The number of thioether (sulfide) groups is 1. The number of carbonyl (C=O) groups excluding carboxylic acids is 1. The number of nitrogens with zero attached hydrogens (tertiary/aromatic N) is 2. The Morgan fingerprint density at radius 2 is 1.81 bits per heavy atom. The highest BCUT2D eigenvalue weighted by molar-refractivity contribution is 7.99. The van der Waals surface area contributed by atoms with E-state index in [4.69, 9.17) is 4.42 Å². The first-order valence-electron chi connectivity index (χ1n) is 8.59. The van der Waals surface area contributed by atoms with Crippen molar-refractivity contribution in [3.05, 3.63) is 66.0 Å². The van der Waals surface area contributed by atoms with Crippen LogP contribution in [0.3, 0.4) is 0 Å². The zero-order valence-corrected chi connectivity index (χ0v) is 15.9. The number of carbonyl (C=O) groups is 1. The summed E-state index contributed by atoms with van der Waals surface area (Å²) in [6, 6.07) is 15.4. The van der Waals surface area contributed by atoms with Gasteiger partial charge in [-0.15, -0.1) is 10.2 Å². The number of nitrogens with one attached hydrogen (secondary N) is 1. The monoisotopic (exact) mass is 385 g/mol. The maximum Gasteiger partial charge on any atom is 0.277 e. The van der Waals surface area contributed by atoms with E-state index in [2.05, 4.69) is 15.5 Å². The van der Waals surface area contributed by atoms with Gasteiger partial charge in [0.05, 0.1) is 11.8 Å². The molecule has 1 heterocycles. The lowest BCUT2D eigenvalue weighted by molar-refractivity contribution is -0.119. The first-order chi connectivity index (χ1) is 13.0. The second kappa shape index (κ2) is 8.81. The van der Waals surface area contributed by atoms with Gasteiger partial charge in [-0.25, -0.2) is 4.39 Å². The predicted molar refractivity (Wildman–Crippen MR) is 103 cm³/mol. The van der Waals surface area contributed by atoms with Crippen LogP contribution in [0.1, 0.15) is 25.5 Å². The fourth-order valence-electron chi connectivity index (χ4n) is 2.61. The Hall–Kier alpha value is -2.67. The average molecular weight is 385 g/mol. The van der Waals surface area contributed by atoms with E-state index in [9.17, 15) is 9.18 Å². The van der Waals surface area contributed by atoms with Gasteiger partial charge in [-0.1, -0.05) is 55.9 Å². The third kappa shape index (κ3) is 5.17. The van der Waals surface area contributed by atoms with Gasteiger partial charge in [0.15, 0.2) is 0 Å². The Bertz CT molecular complexity index is 882. The number of amides is 1. The Morgan fingerprint density at radius 3 is 2.48 bits per heavy atom. The van der Waals surface area contributed by atoms with Crippen molar-refractivity contribution in [1.29, 1.82) is 0 Å². The van der Waals surface area contributed by atoms with Crippen molar-refractivity contribution >= 4 is 17.7 Å². The molecule has 0 bridgehead atoms. The minimum atomic E-state index is -0.297. The third-order valence-electron chi connectivity index (χ3n) is 3.97. The minimum Gasteiger partial charge on any atom is -0.411 e. The van der Waals surface area contributed by atoms with Crippen LogP contribution in [0.2, 0.25) is 0 Å². The Kier molecular flexibility index (Phi) is 6.24. The molecule has 0 aliphatic carbocycles. The highest BCUT2D eigenvalue weighted by Gasteiger charge is 2.19. The summed E-state index contributed by atoms with van der Waals surface area (Å²) in [6.07, 6.45) is 0. The summed E-state index contributed by atoms with van der Waals surface area (Å²) in [6.45, 7) is 4.01. The standard InChI is InChI=1S/C20H20FN3O2S/c1-13(2)18(14-8-10-16(21)11-9-14)22-17(25)12-27-20-24-23-19(26-20)15-6-4-3-5-7-15/h3-11,13,18H,12H2,1-2H3,(H,22,25). The van der Waals surface area contributed by atoms with Crippen LogP contribution in [-0.4, -0.2) is 21.9 Å². The summed E-state index contributed by atoms with van der Waals surface area (Å²) in [5, 5.41) is 11.3. The zero-order chi connectivity index (χ0) is 19.2. The van der Waals surface area contributed by atoms with Crippen LogP contribution in [0, 0.1) is 11.7 Å². The Labute approximate surface area is 161 Å². The van der Waals surface area contributed by atoms with Crippen LogP contribution in [-0.2, 0) is 4.79 Å². The molecule has 1 N–H and O–H groups in total. The highest BCUT2D eigenvalue weighted by Crippen LogP contribution is 2.24. The van der Waals surface area contributed by atoms with E-state index in [-0.39, 0.29) is 29.4 Å². The lowest BCUT2D eigenvalue weighted by Crippen LogP contribution is -2.33. The predicted octanol–water partition coefficient (Wildman–Crippen LogP) is 4.48. The molecule has 2 aromatic carbocycles. The molecular weight excluding hydrogens is 365 g/mol. The average Bonchev–Trinajstić information content (AvgIpc) is 3.15. The molecular formula is C20H20FN3O2S. The molecule has 0 saturated heterocycles. The first kappa shape index (κ1) is 19.1. The van der Waals surface area contributed by atoms with Crippen molar-refractivity contribution in [1.82, 2.24) is 15.5 Å². The smallest absolute Gasteiger partial charge is 0.277 e. The van der Waals surface area contributed by atoms with Crippen molar-refractivity contribution < 1.29 is 13.6 Å². The number of hydrogen-bond donors (Lipinski definition) is 1. The summed E-state index contributed by atoms with van der Waals surface area (Å²) in [5.74, 6) is 0.291. The van der Waals surface area contributed by atoms with Gasteiger partial charge < -0.3 is 9.73 Å². The number of aromatic nitrogens is 2. The second-order valence-electron chi connectivity index (χ2n) is 6.37. The molecule has 1 aromatic heterocycles. The quantitative estimate of drug-likeness (QED) is 0.607. The molecule has 140 valence electrons. The van der Waals surface area contributed by atoms with E-state index in [0.29, 0.717) is 11.1 Å². The molecule has 0 radical (unpaired) electrons. The van der Waals surface area contributed by atoms with E-state index < -0.39 is 0 Å². The molecule has 7 heteroatoms. The molecule has 0 saturated carbocycles. The van der Waals surface area contributed by atoms with Gasteiger partial charge in [0.25, 0.3) is 5.22 Å². The van der Waals surface area contributed by atoms with Gasteiger partial charge >= 0.3 is 0 Å². The van der Waals surface area contributed by atoms with Crippen LogP contribution in [0.15, 0.2) is 64.2 Å². The van der Waals surface area contributed by atoms with Gasteiger partial charge in [0.1, 0.15) is 5.82 Å². The fraction of sp³-hybridized carbons (Fsp3) is 0.250. The lowest BCUT2D eigenvalue weighted by atomic mass is 9.96. The number of rotatable bonds is 7. The number of benzene rings is 2. The molecule has 0 aliphatic rings. The SMILES string of the molecule is CC(C)C(NC(=O)CSc1nnc(-c2ccccc2)o1)c1ccc(F)cc1. The van der Waals surface area contributed by atoms with E-state index in [0.717, 1.165) is 11.1 Å². The molecule has 27 heavy (non-hydrogen) atoms. The van der Waals surface area contributed by atoms with Gasteiger partial charge in [0.2, 0.25) is 11.8 Å². The Morgan fingerprint density at radius 1 is 1.11 bits per heavy atom. The maximum absolute atomic E-state index is 13.1. The van der Waals surface area contributed by atoms with Gasteiger partial charge in [-0.2, -0.15) is 0 Å². The van der Waals surface area contributed by atoms with Crippen molar-refractivity contribution in [2.45, 2.75) is 25.1 Å². The van der Waals surface area contributed by atoms with Crippen molar-refractivity contribution in [2.75, 3.05) is 5.75 Å². The molecule has 0 fully saturated rings. The van der Waals surface area contributed by atoms with Crippen molar-refractivity contribution in [3.63, 3.8) is 0 Å². The van der Waals surface area contributed by atoms with E-state index in [1.54, 1.807) is 12.1 Å². The van der Waals surface area contributed by atoms with Crippen LogP contribution < -0.4 is 5.32 Å². The van der Waals surface area contributed by atoms with Crippen LogP contribution in [0.25, 0.3) is 11.5 Å². The van der Waals surface area contributed by atoms with E-state index in [1.165, 1.54) is 23.9 Å². The highest BCUT2D eigenvalue weighted by atomic mass is 32.2. The molecule has 1 amide bonds. The van der Waals surface area contributed by atoms with Crippen LogP contribution >= 0.6 is 11.8 Å². The molecule has 5 nitrogen and oxygen atoms in total. The summed E-state index contributed by atoms with van der Waals surface area (Å²) in [7, 11) is 0. The van der Waals surface area contributed by atoms with Crippen molar-refractivity contribution in [3.8, 4) is 11.5 Å². The van der Waals surface area contributed by atoms with Crippen LogP contribution in [0.5, 0.6) is 0 Å². The number of halogens is 1. The summed E-state index contributed by atoms with van der Waals surface area (Å²) >= 11 is 1.18. The van der Waals surface area contributed by atoms with Crippen LogP contribution in [0.4, 0.5) is 4.39 Å². The molecule has 0 aliphatic heterocycles. The zero-order valence-electron chi connectivity index (χ0n) is 15.1. The second-order valence-corrected chi connectivity index (χ2v) is 7.30. The largest absolute Gasteiger partial charge is 0.411 e. The molecule has 3 aromatic rings. The fourth-order valence-corrected chi connectivity index (χ4v) is 3.19. The first-order valence-corrected chi connectivity index (χ1v) is 9.58. The van der Waals surface area contributed by atoms with E-state index in [1.807, 2.05) is 44.2 Å². The lowest BCUT2D eigenvalue weighted by Gasteiger charge is -2.22. The molecule has 1 unspecified atom stereocenters. The molecule has 1 atom stereocenters. The topological polar surface area (TPSA) is 68.0 Å². The van der Waals surface area contributed by atoms with Gasteiger partial charge in [-0.05, 0) is 35.7 Å². The van der Waals surface area contributed by atoms with Gasteiger partial charge in [0, 0.05) is 5.56 Å². The summed E-state index contributed by atoms with van der Waals surface area (Å²) < 4.78 is 18.7. The van der Waals surface area contributed by atoms with E-state index >= 15 is 0 Å². The minimum absolute atomic E-state index is 0.150. The van der Waals surface area contributed by atoms with Crippen molar-refractivity contribution in [2.24, 2.45) is 5.92 Å². The summed E-state index contributed by atoms with van der Waals surface area (Å²) in [4.78, 5) is 12.4. The Balaban J connectivity index is 1.58. The maximum atomic E-state index is 13.1.